The van der Waals surface area contributed by atoms with Crippen molar-refractivity contribution in [1.29, 1.82) is 0 Å². The van der Waals surface area contributed by atoms with E-state index in [0.29, 0.717) is 0 Å². The summed E-state index contributed by atoms with van der Waals surface area (Å²) in [5.41, 5.74) is 2.30. The molecule has 0 atom stereocenters. The molecule has 0 aliphatic rings. The molecule has 0 aliphatic carbocycles. The van der Waals surface area contributed by atoms with Crippen molar-refractivity contribution in [2.75, 3.05) is 12.8 Å². The first-order valence-corrected chi connectivity index (χ1v) is 7.68. The second-order valence-corrected chi connectivity index (χ2v) is 6.71. The normalized spacial score (nSPS) is 11.7. The zero-order valence-corrected chi connectivity index (χ0v) is 12.6. The number of aromatic nitrogens is 2. The van der Waals surface area contributed by atoms with Gasteiger partial charge in [-0.3, -0.25) is 0 Å². The van der Waals surface area contributed by atoms with E-state index >= 15 is 0 Å². The van der Waals surface area contributed by atoms with Crippen LogP contribution in [0.2, 0.25) is 0 Å². The Morgan fingerprint density at radius 1 is 1.26 bits per heavy atom. The van der Waals surface area contributed by atoms with Gasteiger partial charge in [-0.2, -0.15) is 16.9 Å². The van der Waals surface area contributed by atoms with Crippen molar-refractivity contribution in [1.82, 2.24) is 15.1 Å². The highest BCUT2D eigenvalue weighted by Gasteiger charge is 2.14. The first kappa shape index (κ1) is 14.2. The smallest absolute Gasteiger partial charge is 0.0645 e. The van der Waals surface area contributed by atoms with Crippen LogP contribution in [0.15, 0.2) is 42.7 Å². The molecule has 0 amide bonds. The molecule has 3 nitrogen and oxygen atoms in total. The van der Waals surface area contributed by atoms with Gasteiger partial charge in [-0.25, -0.2) is 4.68 Å². The van der Waals surface area contributed by atoms with E-state index in [2.05, 4.69) is 48.8 Å². The van der Waals surface area contributed by atoms with Crippen molar-refractivity contribution in [2.45, 2.75) is 25.1 Å². The second-order valence-electron chi connectivity index (χ2n) is 5.20. The molecule has 0 radical (unpaired) electrons. The number of nitrogens with zero attached hydrogens (tertiary/aromatic N) is 2. The lowest BCUT2D eigenvalue weighted by Crippen LogP contribution is -2.31. The topological polar surface area (TPSA) is 29.9 Å². The molecule has 1 aromatic heterocycles. The Kier molecular flexibility index (Phi) is 4.66. The molecule has 0 bridgehead atoms. The van der Waals surface area contributed by atoms with Gasteiger partial charge in [0.25, 0.3) is 0 Å². The predicted octanol–water partition coefficient (Wildman–Crippen LogP) is 3.10. The molecule has 2 aromatic rings. The fraction of sp³-hybridized carbons (Fsp3) is 0.400. The Balaban J connectivity index is 1.92. The van der Waals surface area contributed by atoms with E-state index in [1.54, 1.807) is 0 Å². The Morgan fingerprint density at radius 2 is 2.00 bits per heavy atom. The van der Waals surface area contributed by atoms with Crippen molar-refractivity contribution in [3.63, 3.8) is 0 Å². The maximum absolute atomic E-state index is 4.39. The van der Waals surface area contributed by atoms with Crippen molar-refractivity contribution in [3.8, 4) is 5.69 Å². The minimum atomic E-state index is 0.273. The van der Waals surface area contributed by atoms with E-state index in [4.69, 9.17) is 0 Å². The van der Waals surface area contributed by atoms with E-state index in [1.807, 2.05) is 40.8 Å². The van der Waals surface area contributed by atoms with Crippen LogP contribution in [0.1, 0.15) is 19.4 Å². The summed E-state index contributed by atoms with van der Waals surface area (Å²) in [5.74, 6) is 0. The zero-order chi connectivity index (χ0) is 13.7. The summed E-state index contributed by atoms with van der Waals surface area (Å²) in [4.78, 5) is 0. The summed E-state index contributed by atoms with van der Waals surface area (Å²) in [6.07, 6.45) is 6.15. The van der Waals surface area contributed by atoms with Crippen LogP contribution in [0.5, 0.6) is 0 Å². The zero-order valence-electron chi connectivity index (χ0n) is 11.8. The number of nitrogens with one attached hydrogen (secondary N) is 1. The third kappa shape index (κ3) is 4.11. The van der Waals surface area contributed by atoms with E-state index in [1.165, 1.54) is 5.56 Å². The Labute approximate surface area is 119 Å². The summed E-state index contributed by atoms with van der Waals surface area (Å²) in [6, 6.07) is 10.2. The first-order chi connectivity index (χ1) is 9.11. The number of rotatable bonds is 6. The van der Waals surface area contributed by atoms with Gasteiger partial charge < -0.3 is 5.32 Å². The van der Waals surface area contributed by atoms with Crippen molar-refractivity contribution >= 4 is 11.8 Å². The fourth-order valence-electron chi connectivity index (χ4n) is 1.75. The molecule has 102 valence electrons. The van der Waals surface area contributed by atoms with Crippen LogP contribution < -0.4 is 5.32 Å². The highest BCUT2D eigenvalue weighted by atomic mass is 32.2. The first-order valence-electron chi connectivity index (χ1n) is 6.45. The van der Waals surface area contributed by atoms with Gasteiger partial charge >= 0.3 is 0 Å². The van der Waals surface area contributed by atoms with Crippen molar-refractivity contribution in [3.05, 3.63) is 48.3 Å². The Bertz CT molecular complexity index is 505. The van der Waals surface area contributed by atoms with Gasteiger partial charge in [-0.15, -0.1) is 0 Å². The number of hydrogen-bond donors (Lipinski definition) is 1. The molecule has 4 heteroatoms. The Morgan fingerprint density at radius 3 is 2.68 bits per heavy atom. The maximum Gasteiger partial charge on any atom is 0.0645 e. The molecule has 19 heavy (non-hydrogen) atoms. The average molecular weight is 275 g/mol. The monoisotopic (exact) mass is 275 g/mol. The molecule has 1 heterocycles. The van der Waals surface area contributed by atoms with Crippen LogP contribution in [0.3, 0.4) is 0 Å². The summed E-state index contributed by atoms with van der Waals surface area (Å²) >= 11 is 1.88. The van der Waals surface area contributed by atoms with Crippen molar-refractivity contribution < 1.29 is 0 Å². The van der Waals surface area contributed by atoms with Crippen LogP contribution in [0.25, 0.3) is 5.69 Å². The molecule has 0 saturated carbocycles. The highest BCUT2D eigenvalue weighted by molar-refractivity contribution is 7.99. The fourth-order valence-corrected chi connectivity index (χ4v) is 2.00. The van der Waals surface area contributed by atoms with Crippen LogP contribution in [-0.2, 0) is 6.54 Å². The SMILES string of the molecule is CSC(C)(C)CNCc1cnn(-c2ccccc2)c1. The molecule has 0 saturated heterocycles. The molecule has 0 spiro atoms. The molecule has 0 fully saturated rings. The summed E-state index contributed by atoms with van der Waals surface area (Å²) in [6.45, 7) is 6.34. The Hall–Kier alpha value is -1.26. The van der Waals surface area contributed by atoms with Gasteiger partial charge in [-0.05, 0) is 32.2 Å². The quantitative estimate of drug-likeness (QED) is 0.878. The highest BCUT2D eigenvalue weighted by Crippen LogP contribution is 2.19. The van der Waals surface area contributed by atoms with E-state index in [0.717, 1.165) is 18.8 Å². The largest absolute Gasteiger partial charge is 0.311 e. The molecule has 0 aliphatic heterocycles. The molecule has 1 aromatic carbocycles. The van der Waals surface area contributed by atoms with Gasteiger partial charge in [0.15, 0.2) is 0 Å². The number of hydrogen-bond acceptors (Lipinski definition) is 3. The molecular weight excluding hydrogens is 254 g/mol. The summed E-state index contributed by atoms with van der Waals surface area (Å²) < 4.78 is 2.19. The number of thioether (sulfide) groups is 1. The predicted molar refractivity (Wildman–Crippen MR) is 82.9 cm³/mol. The number of benzene rings is 1. The second kappa shape index (κ2) is 6.26. The van der Waals surface area contributed by atoms with Gasteiger partial charge in [-0.1, -0.05) is 18.2 Å². The van der Waals surface area contributed by atoms with Gasteiger partial charge in [0.1, 0.15) is 0 Å². The van der Waals surface area contributed by atoms with Crippen LogP contribution in [-0.4, -0.2) is 27.3 Å². The minimum absolute atomic E-state index is 0.273. The van der Waals surface area contributed by atoms with E-state index in [-0.39, 0.29) is 4.75 Å². The lowest BCUT2D eigenvalue weighted by atomic mass is 10.2. The summed E-state index contributed by atoms with van der Waals surface area (Å²) in [7, 11) is 0. The van der Waals surface area contributed by atoms with Gasteiger partial charge in [0.2, 0.25) is 0 Å². The maximum atomic E-state index is 4.39. The average Bonchev–Trinajstić information content (AvgIpc) is 2.88. The van der Waals surface area contributed by atoms with Gasteiger partial charge in [0, 0.05) is 29.6 Å². The third-order valence-corrected chi connectivity index (χ3v) is 4.34. The van der Waals surface area contributed by atoms with E-state index < -0.39 is 0 Å². The van der Waals surface area contributed by atoms with Crippen LogP contribution >= 0.6 is 11.8 Å². The number of para-hydroxylation sites is 1. The molecule has 0 unspecified atom stereocenters. The van der Waals surface area contributed by atoms with E-state index in [9.17, 15) is 0 Å². The lowest BCUT2D eigenvalue weighted by molar-refractivity contribution is 0.591. The van der Waals surface area contributed by atoms with Gasteiger partial charge in [0.05, 0.1) is 11.9 Å². The lowest BCUT2D eigenvalue weighted by Gasteiger charge is -2.22. The summed E-state index contributed by atoms with van der Waals surface area (Å²) in [5, 5.41) is 7.88. The standard InChI is InChI=1S/C15H21N3S/c1-15(2,19-3)12-16-9-13-10-17-18(11-13)14-7-5-4-6-8-14/h4-8,10-11,16H,9,12H2,1-3H3. The molecular formula is C15H21N3S. The third-order valence-electron chi connectivity index (χ3n) is 3.09. The van der Waals surface area contributed by atoms with Crippen LogP contribution in [0, 0.1) is 0 Å². The van der Waals surface area contributed by atoms with Crippen molar-refractivity contribution in [2.24, 2.45) is 0 Å². The minimum Gasteiger partial charge on any atom is -0.311 e. The molecule has 2 rings (SSSR count). The molecule has 1 N–H and O–H groups in total. The van der Waals surface area contributed by atoms with Crippen LogP contribution in [0.4, 0.5) is 0 Å².